The van der Waals surface area contributed by atoms with E-state index in [0.29, 0.717) is 0 Å². The number of hydrogen-bond acceptors (Lipinski definition) is 3. The highest BCUT2D eigenvalue weighted by Crippen LogP contribution is 2.25. The number of nitrogens with zero attached hydrogens (tertiary/aromatic N) is 2. The predicted molar refractivity (Wildman–Crippen MR) is 91.5 cm³/mol. The zero-order valence-corrected chi connectivity index (χ0v) is 12.2. The summed E-state index contributed by atoms with van der Waals surface area (Å²) < 4.78 is 0. The highest BCUT2D eigenvalue weighted by molar-refractivity contribution is 6.03. The topological polar surface area (TPSA) is 37.8 Å². The van der Waals surface area contributed by atoms with E-state index in [4.69, 9.17) is 4.98 Å². The van der Waals surface area contributed by atoms with Crippen LogP contribution in [0, 0.1) is 6.92 Å². The van der Waals surface area contributed by atoms with Crippen molar-refractivity contribution in [2.75, 3.05) is 5.32 Å². The van der Waals surface area contributed by atoms with Crippen molar-refractivity contribution < 1.29 is 0 Å². The summed E-state index contributed by atoms with van der Waals surface area (Å²) in [6.07, 6.45) is 1.81. The second-order valence-electron chi connectivity index (χ2n) is 5.35. The van der Waals surface area contributed by atoms with E-state index in [1.165, 1.54) is 5.56 Å². The molecule has 0 amide bonds. The molecule has 0 aliphatic heterocycles. The van der Waals surface area contributed by atoms with Crippen molar-refractivity contribution in [3.05, 3.63) is 72.4 Å². The number of benzene rings is 2. The van der Waals surface area contributed by atoms with Crippen molar-refractivity contribution in [1.29, 1.82) is 0 Å². The first kappa shape index (κ1) is 12.8. The van der Waals surface area contributed by atoms with Crippen LogP contribution in [0.5, 0.6) is 0 Å². The Labute approximate surface area is 128 Å². The average Bonchev–Trinajstić information content (AvgIpc) is 2.57. The van der Waals surface area contributed by atoms with Crippen LogP contribution in [0.15, 0.2) is 66.9 Å². The Kier molecular flexibility index (Phi) is 2.97. The van der Waals surface area contributed by atoms with Gasteiger partial charge in [-0.15, -0.1) is 0 Å². The molecule has 4 aromatic rings. The van der Waals surface area contributed by atoms with Gasteiger partial charge >= 0.3 is 0 Å². The van der Waals surface area contributed by atoms with E-state index in [1.807, 2.05) is 30.5 Å². The van der Waals surface area contributed by atoms with Crippen molar-refractivity contribution in [3.63, 3.8) is 0 Å². The predicted octanol–water partition coefficient (Wildman–Crippen LogP) is 4.84. The molecule has 2 aromatic carbocycles. The Bertz CT molecular complexity index is 976. The monoisotopic (exact) mass is 285 g/mol. The molecule has 0 atom stereocenters. The molecule has 2 heterocycles. The van der Waals surface area contributed by atoms with E-state index in [9.17, 15) is 0 Å². The van der Waals surface area contributed by atoms with Gasteiger partial charge in [-0.1, -0.05) is 36.4 Å². The van der Waals surface area contributed by atoms with Gasteiger partial charge in [-0.2, -0.15) is 0 Å². The quantitative estimate of drug-likeness (QED) is 0.536. The minimum Gasteiger partial charge on any atom is -0.340 e. The second-order valence-corrected chi connectivity index (χ2v) is 5.35. The van der Waals surface area contributed by atoms with Gasteiger partial charge in [0.25, 0.3) is 0 Å². The number of nitrogens with one attached hydrogen (secondary N) is 1. The summed E-state index contributed by atoms with van der Waals surface area (Å²) in [5, 5.41) is 5.60. The number of rotatable bonds is 2. The Morgan fingerprint density at radius 2 is 1.55 bits per heavy atom. The SMILES string of the molecule is Cc1ccccc1Nc1ccc2ccc3cccnc3c2n1. The lowest BCUT2D eigenvalue weighted by Gasteiger charge is -2.10. The Balaban J connectivity index is 1.86. The van der Waals surface area contributed by atoms with Crippen LogP contribution in [0.2, 0.25) is 0 Å². The van der Waals surface area contributed by atoms with Crippen LogP contribution in [0.4, 0.5) is 11.5 Å². The standard InChI is InChI=1S/C19H15N3/c1-13-5-2-3-7-16(13)21-17-11-10-15-9-8-14-6-4-12-20-18(14)19(15)22-17/h2-12H,1H3,(H,21,22). The molecule has 3 heteroatoms. The molecular weight excluding hydrogens is 270 g/mol. The number of pyridine rings is 2. The van der Waals surface area contributed by atoms with Crippen LogP contribution in [-0.2, 0) is 0 Å². The normalized spacial score (nSPS) is 11.0. The molecule has 106 valence electrons. The third kappa shape index (κ3) is 2.17. The van der Waals surface area contributed by atoms with E-state index in [1.54, 1.807) is 0 Å². The van der Waals surface area contributed by atoms with Gasteiger partial charge in [0.2, 0.25) is 0 Å². The summed E-state index contributed by atoms with van der Waals surface area (Å²) in [4.78, 5) is 9.25. The first-order chi connectivity index (χ1) is 10.8. The maximum Gasteiger partial charge on any atom is 0.131 e. The number of para-hydroxylation sites is 1. The summed E-state index contributed by atoms with van der Waals surface area (Å²) in [5.41, 5.74) is 4.13. The molecule has 0 spiro atoms. The highest BCUT2D eigenvalue weighted by Gasteiger charge is 2.05. The van der Waals surface area contributed by atoms with Gasteiger partial charge in [0, 0.05) is 22.7 Å². The maximum absolute atomic E-state index is 4.77. The fraction of sp³-hybridized carbons (Fsp3) is 0.0526. The van der Waals surface area contributed by atoms with Crippen molar-refractivity contribution >= 4 is 33.3 Å². The Hall–Kier alpha value is -2.94. The van der Waals surface area contributed by atoms with E-state index in [2.05, 4.69) is 53.6 Å². The van der Waals surface area contributed by atoms with Gasteiger partial charge in [-0.25, -0.2) is 4.98 Å². The van der Waals surface area contributed by atoms with Crippen molar-refractivity contribution in [2.24, 2.45) is 0 Å². The first-order valence-electron chi connectivity index (χ1n) is 7.28. The summed E-state index contributed by atoms with van der Waals surface area (Å²) in [6, 6.07) is 20.5. The van der Waals surface area contributed by atoms with Gasteiger partial charge in [0.05, 0.1) is 11.0 Å². The number of aromatic nitrogens is 2. The Morgan fingerprint density at radius 1 is 0.773 bits per heavy atom. The molecule has 1 N–H and O–H groups in total. The lowest BCUT2D eigenvalue weighted by Crippen LogP contribution is -1.96. The van der Waals surface area contributed by atoms with Gasteiger partial charge in [0.1, 0.15) is 5.82 Å². The summed E-state index contributed by atoms with van der Waals surface area (Å²) in [5.74, 6) is 0.833. The minimum atomic E-state index is 0.833. The number of hydrogen-bond donors (Lipinski definition) is 1. The van der Waals surface area contributed by atoms with Crippen LogP contribution in [0.25, 0.3) is 21.8 Å². The van der Waals surface area contributed by atoms with E-state index in [0.717, 1.165) is 33.3 Å². The van der Waals surface area contributed by atoms with Crippen molar-refractivity contribution in [1.82, 2.24) is 9.97 Å². The average molecular weight is 285 g/mol. The summed E-state index contributed by atoms with van der Waals surface area (Å²) in [7, 11) is 0. The molecule has 0 unspecified atom stereocenters. The molecule has 0 saturated carbocycles. The van der Waals surface area contributed by atoms with E-state index >= 15 is 0 Å². The van der Waals surface area contributed by atoms with Crippen LogP contribution in [0.1, 0.15) is 5.56 Å². The molecule has 0 saturated heterocycles. The minimum absolute atomic E-state index is 0.833. The van der Waals surface area contributed by atoms with E-state index < -0.39 is 0 Å². The molecule has 2 aromatic heterocycles. The van der Waals surface area contributed by atoms with Crippen LogP contribution < -0.4 is 5.32 Å². The Morgan fingerprint density at radius 3 is 2.41 bits per heavy atom. The zero-order valence-electron chi connectivity index (χ0n) is 12.2. The van der Waals surface area contributed by atoms with Crippen molar-refractivity contribution in [2.45, 2.75) is 6.92 Å². The number of fused-ring (bicyclic) bond motifs is 3. The maximum atomic E-state index is 4.77. The highest BCUT2D eigenvalue weighted by atomic mass is 15.0. The van der Waals surface area contributed by atoms with Crippen LogP contribution in [-0.4, -0.2) is 9.97 Å². The van der Waals surface area contributed by atoms with E-state index in [-0.39, 0.29) is 0 Å². The molecule has 0 aliphatic rings. The molecule has 4 rings (SSSR count). The fourth-order valence-corrected chi connectivity index (χ4v) is 2.64. The smallest absolute Gasteiger partial charge is 0.131 e. The lowest BCUT2D eigenvalue weighted by atomic mass is 10.1. The summed E-state index contributed by atoms with van der Waals surface area (Å²) in [6.45, 7) is 2.08. The molecule has 0 fully saturated rings. The van der Waals surface area contributed by atoms with Crippen LogP contribution in [0.3, 0.4) is 0 Å². The van der Waals surface area contributed by atoms with Gasteiger partial charge < -0.3 is 5.32 Å². The summed E-state index contributed by atoms with van der Waals surface area (Å²) >= 11 is 0. The van der Waals surface area contributed by atoms with Crippen molar-refractivity contribution in [3.8, 4) is 0 Å². The van der Waals surface area contributed by atoms with Gasteiger partial charge in [-0.3, -0.25) is 4.98 Å². The third-order valence-electron chi connectivity index (χ3n) is 3.84. The van der Waals surface area contributed by atoms with Gasteiger partial charge in [0.15, 0.2) is 0 Å². The third-order valence-corrected chi connectivity index (χ3v) is 3.84. The van der Waals surface area contributed by atoms with Gasteiger partial charge in [-0.05, 0) is 36.8 Å². The lowest BCUT2D eigenvalue weighted by molar-refractivity contribution is 1.34. The fourth-order valence-electron chi connectivity index (χ4n) is 2.64. The molecule has 0 bridgehead atoms. The number of aryl methyl sites for hydroxylation is 1. The van der Waals surface area contributed by atoms with Crippen LogP contribution >= 0.6 is 0 Å². The number of anilines is 2. The molecule has 0 aliphatic carbocycles. The second kappa shape index (κ2) is 5.11. The molecular formula is C19H15N3. The first-order valence-corrected chi connectivity index (χ1v) is 7.28. The molecule has 22 heavy (non-hydrogen) atoms. The molecule has 0 radical (unpaired) electrons. The molecule has 3 nitrogen and oxygen atoms in total. The largest absolute Gasteiger partial charge is 0.340 e. The zero-order chi connectivity index (χ0) is 14.9.